The van der Waals surface area contributed by atoms with Gasteiger partial charge in [-0.25, -0.2) is 0 Å². The number of likely N-dealkylation sites (tertiary alicyclic amines) is 1. The topological polar surface area (TPSA) is 94.0 Å². The zero-order chi connectivity index (χ0) is 27.2. The van der Waals surface area contributed by atoms with Crippen molar-refractivity contribution in [2.75, 3.05) is 25.0 Å². The minimum Gasteiger partial charge on any atom is -0.394 e. The predicted molar refractivity (Wildman–Crippen MR) is 153 cm³/mol. The zero-order valence-corrected chi connectivity index (χ0v) is 22.0. The highest BCUT2D eigenvalue weighted by molar-refractivity contribution is 6.24. The van der Waals surface area contributed by atoms with Crippen molar-refractivity contribution in [3.8, 4) is 11.8 Å². The molecule has 0 saturated carbocycles. The normalized spacial score (nSPS) is 17.6. The number of aliphatic imine (C=N–C) groups is 1. The number of nitrogens with one attached hydrogen (secondary N) is 2. The van der Waals surface area contributed by atoms with Crippen LogP contribution in [0.1, 0.15) is 47.9 Å². The Labute approximate surface area is 229 Å². The highest BCUT2D eigenvalue weighted by Gasteiger charge is 2.35. The molecule has 2 aliphatic heterocycles. The summed E-state index contributed by atoms with van der Waals surface area (Å²) in [5.41, 5.74) is 5.69. The largest absolute Gasteiger partial charge is 0.394 e. The van der Waals surface area contributed by atoms with E-state index in [1.54, 1.807) is 19.1 Å². The van der Waals surface area contributed by atoms with Gasteiger partial charge in [0.1, 0.15) is 5.92 Å². The molecule has 0 aliphatic carbocycles. The van der Waals surface area contributed by atoms with Crippen molar-refractivity contribution in [2.24, 2.45) is 4.99 Å². The number of carbonyl (C=O) groups is 2. The fourth-order valence-corrected chi connectivity index (χ4v) is 4.96. The molecule has 5 rings (SSSR count). The Hall–Kier alpha value is -4.25. The molecule has 7 nitrogen and oxygen atoms in total. The summed E-state index contributed by atoms with van der Waals surface area (Å²) in [5, 5.41) is 14.7. The monoisotopic (exact) mass is 520 g/mol. The van der Waals surface area contributed by atoms with Gasteiger partial charge >= 0.3 is 0 Å². The van der Waals surface area contributed by atoms with Crippen LogP contribution >= 0.6 is 0 Å². The van der Waals surface area contributed by atoms with E-state index < -0.39 is 11.8 Å². The molecule has 1 saturated heterocycles. The molecule has 7 heteroatoms. The molecule has 1 fully saturated rings. The zero-order valence-electron chi connectivity index (χ0n) is 22.0. The molecule has 3 aromatic carbocycles. The second-order valence-corrected chi connectivity index (χ2v) is 10.0. The molecule has 198 valence electrons. The summed E-state index contributed by atoms with van der Waals surface area (Å²) < 4.78 is 0. The van der Waals surface area contributed by atoms with E-state index in [2.05, 4.69) is 39.5 Å². The van der Waals surface area contributed by atoms with Crippen molar-refractivity contribution >= 4 is 28.9 Å². The third kappa shape index (κ3) is 6.43. The summed E-state index contributed by atoms with van der Waals surface area (Å²) in [6.45, 7) is 4.78. The number of hydrogen-bond acceptors (Lipinski definition) is 5. The molecule has 0 spiro atoms. The van der Waals surface area contributed by atoms with Crippen LogP contribution in [-0.4, -0.2) is 53.3 Å². The van der Waals surface area contributed by atoms with Crippen molar-refractivity contribution in [1.29, 1.82) is 0 Å². The van der Waals surface area contributed by atoms with E-state index in [-0.39, 0.29) is 18.6 Å². The first-order valence-corrected chi connectivity index (χ1v) is 13.3. The second-order valence-electron chi connectivity index (χ2n) is 10.0. The maximum Gasteiger partial charge on any atom is 0.296 e. The molecule has 2 amide bonds. The van der Waals surface area contributed by atoms with E-state index in [1.807, 2.05) is 48.5 Å². The average Bonchev–Trinajstić information content (AvgIpc) is 3.58. The minimum atomic E-state index is -0.581. The number of nitrogens with zero attached hydrogens (tertiary/aromatic N) is 2. The average molecular weight is 521 g/mol. The molecule has 3 aromatic rings. The van der Waals surface area contributed by atoms with Gasteiger partial charge in [0.2, 0.25) is 5.91 Å². The molecule has 3 N–H and O–H groups in total. The summed E-state index contributed by atoms with van der Waals surface area (Å²) in [5.74, 6) is 4.17. The van der Waals surface area contributed by atoms with E-state index in [1.165, 1.54) is 18.4 Å². The number of fused-ring (bicyclic) bond motifs is 1. The maximum atomic E-state index is 13.3. The molecule has 39 heavy (non-hydrogen) atoms. The van der Waals surface area contributed by atoms with Gasteiger partial charge in [-0.05, 0) is 73.8 Å². The Morgan fingerprint density at radius 2 is 1.85 bits per heavy atom. The van der Waals surface area contributed by atoms with Gasteiger partial charge in [-0.1, -0.05) is 54.5 Å². The number of benzene rings is 3. The number of anilines is 1. The number of aliphatic hydroxyl groups excluding tert-OH is 1. The smallest absolute Gasteiger partial charge is 0.296 e. The Morgan fingerprint density at radius 3 is 2.56 bits per heavy atom. The van der Waals surface area contributed by atoms with Gasteiger partial charge in [0.15, 0.2) is 0 Å². The fraction of sp³-hybridized carbons (Fsp3) is 0.281. The van der Waals surface area contributed by atoms with Crippen LogP contribution in [0.15, 0.2) is 77.8 Å². The molecule has 2 atom stereocenters. The van der Waals surface area contributed by atoms with Crippen molar-refractivity contribution in [3.05, 3.63) is 95.1 Å². The SMILES string of the molecule is C[C@@H](CO)NC(=O)C#Cc1ccc2c(c1)NC(=O)C2C(=Nc1ccc(CN2CCCC2)cc1)c1ccccc1. The van der Waals surface area contributed by atoms with Crippen LogP contribution in [0.4, 0.5) is 11.4 Å². The number of rotatable bonds is 7. The lowest BCUT2D eigenvalue weighted by Gasteiger charge is -2.15. The second kappa shape index (κ2) is 12.1. The van der Waals surface area contributed by atoms with Gasteiger partial charge in [-0.15, -0.1) is 0 Å². The predicted octanol–water partition coefficient (Wildman–Crippen LogP) is 3.99. The maximum absolute atomic E-state index is 13.3. The molecule has 0 bridgehead atoms. The fourth-order valence-electron chi connectivity index (χ4n) is 4.96. The summed E-state index contributed by atoms with van der Waals surface area (Å²) in [6, 6.07) is 23.1. The van der Waals surface area contributed by atoms with Crippen LogP contribution in [0.2, 0.25) is 0 Å². The van der Waals surface area contributed by atoms with E-state index in [0.717, 1.165) is 36.4 Å². The van der Waals surface area contributed by atoms with Crippen LogP contribution in [0, 0.1) is 11.8 Å². The lowest BCUT2D eigenvalue weighted by molar-refractivity contribution is -0.117. The number of amides is 2. The molecule has 0 aromatic heterocycles. The molecule has 2 heterocycles. The Bertz CT molecular complexity index is 1430. The third-order valence-electron chi connectivity index (χ3n) is 6.99. The molecule has 2 aliphatic rings. The van der Waals surface area contributed by atoms with Crippen molar-refractivity contribution in [1.82, 2.24) is 10.2 Å². The first kappa shape index (κ1) is 26.4. The van der Waals surface area contributed by atoms with Gasteiger partial charge < -0.3 is 15.7 Å². The van der Waals surface area contributed by atoms with E-state index in [9.17, 15) is 9.59 Å². The van der Waals surface area contributed by atoms with E-state index in [4.69, 9.17) is 10.1 Å². The Balaban J connectivity index is 1.42. The van der Waals surface area contributed by atoms with Crippen LogP contribution < -0.4 is 10.6 Å². The van der Waals surface area contributed by atoms with Gasteiger partial charge in [0, 0.05) is 23.7 Å². The van der Waals surface area contributed by atoms with E-state index >= 15 is 0 Å². The molecular formula is C32H32N4O3. The summed E-state index contributed by atoms with van der Waals surface area (Å²) >= 11 is 0. The highest BCUT2D eigenvalue weighted by atomic mass is 16.3. The lowest BCUT2D eigenvalue weighted by Crippen LogP contribution is -2.33. The molecular weight excluding hydrogens is 488 g/mol. The van der Waals surface area contributed by atoms with E-state index in [0.29, 0.717) is 17.0 Å². The Kier molecular flexibility index (Phi) is 8.16. The first-order valence-electron chi connectivity index (χ1n) is 13.3. The van der Waals surface area contributed by atoms with Crippen molar-refractivity contribution in [3.63, 3.8) is 0 Å². The number of aliphatic hydroxyl groups is 1. The van der Waals surface area contributed by atoms with Gasteiger partial charge in [0.25, 0.3) is 5.91 Å². The first-order chi connectivity index (χ1) is 19.0. The summed E-state index contributed by atoms with van der Waals surface area (Å²) in [7, 11) is 0. The third-order valence-corrected chi connectivity index (χ3v) is 6.99. The van der Waals surface area contributed by atoms with Gasteiger partial charge in [0.05, 0.1) is 24.0 Å². The van der Waals surface area contributed by atoms with Crippen molar-refractivity contribution in [2.45, 2.75) is 38.3 Å². The quantitative estimate of drug-likeness (QED) is 0.324. The van der Waals surface area contributed by atoms with Crippen molar-refractivity contribution < 1.29 is 14.7 Å². The summed E-state index contributed by atoms with van der Waals surface area (Å²) in [6.07, 6.45) is 2.53. The Morgan fingerprint density at radius 1 is 1.10 bits per heavy atom. The molecule has 0 radical (unpaired) electrons. The van der Waals surface area contributed by atoms with Crippen LogP contribution in [-0.2, 0) is 16.1 Å². The minimum absolute atomic E-state index is 0.155. The van der Waals surface area contributed by atoms with Crippen LogP contribution in [0.3, 0.4) is 0 Å². The lowest BCUT2D eigenvalue weighted by atomic mass is 9.90. The molecule has 1 unspecified atom stereocenters. The standard InChI is InChI=1S/C32H32N4O3/c1-22(21-37)33-29(38)16-12-23-11-15-27-28(19-23)35-32(39)30(27)31(25-7-3-2-4-8-25)34-26-13-9-24(10-14-26)20-36-17-5-6-18-36/h2-4,7-11,13-15,19,22,30,37H,5-6,17-18,20-21H2,1H3,(H,33,38)(H,35,39)/t22-,30?/m0/s1. The van der Waals surface area contributed by atoms with Gasteiger partial charge in [-0.2, -0.15) is 0 Å². The van der Waals surface area contributed by atoms with Gasteiger partial charge in [-0.3, -0.25) is 19.5 Å². The van der Waals surface area contributed by atoms with Crippen LogP contribution in [0.5, 0.6) is 0 Å². The number of hydrogen-bond donors (Lipinski definition) is 3. The van der Waals surface area contributed by atoms with Crippen LogP contribution in [0.25, 0.3) is 0 Å². The highest BCUT2D eigenvalue weighted by Crippen LogP contribution is 2.37. The summed E-state index contributed by atoms with van der Waals surface area (Å²) in [4.78, 5) is 32.7. The number of carbonyl (C=O) groups excluding carboxylic acids is 2.